The van der Waals surface area contributed by atoms with Gasteiger partial charge in [0.2, 0.25) is 5.90 Å². The number of carbonyl (C=O) groups excluding carboxylic acids is 1. The van der Waals surface area contributed by atoms with Crippen LogP contribution in [0.25, 0.3) is 10.4 Å². The summed E-state index contributed by atoms with van der Waals surface area (Å²) in [5, 5.41) is 17.4. The molecule has 5 rings (SSSR count). The molecule has 1 aliphatic rings. The molecule has 0 fully saturated rings. The summed E-state index contributed by atoms with van der Waals surface area (Å²) < 4.78 is 12.3. The monoisotopic (exact) mass is 711 g/mol. The smallest absolute Gasteiger partial charge is 0.252 e. The lowest BCUT2D eigenvalue weighted by atomic mass is 9.80. The number of aliphatic hydroxyl groups excluding tert-OH is 1. The number of benzene rings is 4. The highest BCUT2D eigenvalue weighted by atomic mass is 35.5. The van der Waals surface area contributed by atoms with Gasteiger partial charge in [-0.05, 0) is 70.8 Å². The van der Waals surface area contributed by atoms with Gasteiger partial charge in [-0.3, -0.25) is 4.79 Å². The first-order chi connectivity index (χ1) is 22.7. The van der Waals surface area contributed by atoms with E-state index >= 15 is 0 Å². The Bertz CT molecular complexity index is 1830. The number of nitrogens with one attached hydrogen (secondary N) is 1. The fraction of sp³-hybridized carbons (Fsp3) is 0.235. The van der Waals surface area contributed by atoms with Gasteiger partial charge in [-0.2, -0.15) is 0 Å². The highest BCUT2D eigenvalue weighted by Crippen LogP contribution is 2.45. The molecule has 0 saturated carbocycles. The van der Waals surface area contributed by atoms with Crippen molar-refractivity contribution in [2.45, 2.75) is 37.6 Å². The maximum atomic E-state index is 14.6. The molecule has 0 unspecified atom stereocenters. The van der Waals surface area contributed by atoms with Crippen molar-refractivity contribution in [1.82, 2.24) is 5.32 Å². The highest BCUT2D eigenvalue weighted by Gasteiger charge is 2.54. The molecule has 4 aromatic rings. The Kier molecular flexibility index (Phi) is 11.5. The second-order valence-corrected chi connectivity index (χ2v) is 12.4. The SMILES string of the molecule is [N-]=[N+]=NCc1ccccc1C[C@@]1(C(=O)NCc2ccc(Cl)c(Cl)c2)N=C(c2ccc(OCCCO)cc2)O[C@@H]1c1ccc(Cl)cc1Cl. The van der Waals surface area contributed by atoms with E-state index in [0.29, 0.717) is 50.0 Å². The minimum atomic E-state index is -1.58. The van der Waals surface area contributed by atoms with Crippen LogP contribution in [0.15, 0.2) is 95.0 Å². The van der Waals surface area contributed by atoms with Gasteiger partial charge in [-0.1, -0.05) is 87.9 Å². The third-order valence-corrected chi connectivity index (χ3v) is 8.90. The van der Waals surface area contributed by atoms with Crippen LogP contribution in [0.2, 0.25) is 20.1 Å². The Hall–Kier alpha value is -3.95. The Labute approximate surface area is 291 Å². The van der Waals surface area contributed by atoms with Crippen molar-refractivity contribution in [2.24, 2.45) is 10.1 Å². The number of nitrogens with zero attached hydrogens (tertiary/aromatic N) is 4. The molecule has 242 valence electrons. The van der Waals surface area contributed by atoms with Gasteiger partial charge in [-0.15, -0.1) is 0 Å². The normalized spacial score (nSPS) is 17.0. The molecule has 0 aromatic heterocycles. The zero-order chi connectivity index (χ0) is 33.4. The summed E-state index contributed by atoms with van der Waals surface area (Å²) in [5.41, 5.74) is 10.8. The van der Waals surface area contributed by atoms with Crippen LogP contribution in [0, 0.1) is 0 Å². The van der Waals surface area contributed by atoms with Gasteiger partial charge in [0, 0.05) is 52.1 Å². The Morgan fingerprint density at radius 1 is 0.979 bits per heavy atom. The van der Waals surface area contributed by atoms with E-state index in [1.807, 2.05) is 24.3 Å². The first-order valence-corrected chi connectivity index (χ1v) is 16.1. The average molecular weight is 713 g/mol. The minimum absolute atomic E-state index is 0.0264. The molecule has 2 N–H and O–H groups in total. The minimum Gasteiger partial charge on any atom is -0.494 e. The summed E-state index contributed by atoms with van der Waals surface area (Å²) in [4.78, 5) is 22.6. The number of aliphatic imine (C=N–C) groups is 1. The second-order valence-electron chi connectivity index (χ2n) is 10.7. The summed E-state index contributed by atoms with van der Waals surface area (Å²) in [5.74, 6) is 0.396. The number of halogens is 4. The Morgan fingerprint density at radius 3 is 2.45 bits per heavy atom. The maximum Gasteiger partial charge on any atom is 0.252 e. The lowest BCUT2D eigenvalue weighted by molar-refractivity contribution is -0.129. The van der Waals surface area contributed by atoms with Gasteiger partial charge in [-0.25, -0.2) is 4.99 Å². The molecule has 4 aromatic carbocycles. The van der Waals surface area contributed by atoms with Crippen LogP contribution in [0.5, 0.6) is 5.75 Å². The predicted molar refractivity (Wildman–Crippen MR) is 185 cm³/mol. The van der Waals surface area contributed by atoms with Gasteiger partial charge in [0.1, 0.15) is 5.75 Å². The fourth-order valence-corrected chi connectivity index (χ4v) is 6.07. The largest absolute Gasteiger partial charge is 0.494 e. The summed E-state index contributed by atoms with van der Waals surface area (Å²) in [6, 6.07) is 24.6. The van der Waals surface area contributed by atoms with Crippen molar-refractivity contribution in [2.75, 3.05) is 13.2 Å². The van der Waals surface area contributed by atoms with E-state index in [0.717, 1.165) is 16.7 Å². The maximum absolute atomic E-state index is 14.6. The zero-order valence-electron chi connectivity index (χ0n) is 24.9. The van der Waals surface area contributed by atoms with Crippen LogP contribution >= 0.6 is 46.4 Å². The Morgan fingerprint density at radius 2 is 1.74 bits per heavy atom. The van der Waals surface area contributed by atoms with Crippen LogP contribution in [0.1, 0.15) is 40.3 Å². The fourth-order valence-electron chi connectivity index (χ4n) is 5.24. The summed E-state index contributed by atoms with van der Waals surface area (Å²) in [6.07, 6.45) is -0.404. The van der Waals surface area contributed by atoms with Crippen LogP contribution in [0.4, 0.5) is 0 Å². The molecule has 1 aliphatic heterocycles. The number of hydrogen-bond donors (Lipinski definition) is 2. The third kappa shape index (κ3) is 8.14. The van der Waals surface area contributed by atoms with Crippen molar-refractivity contribution in [1.29, 1.82) is 0 Å². The first kappa shape index (κ1) is 34.4. The molecule has 0 bridgehead atoms. The molecule has 13 heteroatoms. The molecular weight excluding hydrogens is 684 g/mol. The second kappa shape index (κ2) is 15.8. The van der Waals surface area contributed by atoms with Crippen molar-refractivity contribution in [3.63, 3.8) is 0 Å². The van der Waals surface area contributed by atoms with E-state index in [1.165, 1.54) is 0 Å². The van der Waals surface area contributed by atoms with E-state index in [4.69, 9.17) is 71.5 Å². The topological polar surface area (TPSA) is 129 Å². The molecule has 2 atom stereocenters. The molecule has 0 spiro atoms. The number of amides is 1. The van der Waals surface area contributed by atoms with Crippen molar-refractivity contribution in [3.8, 4) is 5.75 Å². The van der Waals surface area contributed by atoms with Crippen molar-refractivity contribution >= 4 is 58.2 Å². The van der Waals surface area contributed by atoms with Crippen molar-refractivity contribution < 1.29 is 19.4 Å². The standard InChI is InChI=1S/C34H29Cl4N5O4/c35-25-9-12-27(29(37)17-25)31-34(18-23-4-1-2-5-24(23)20-41-43-39,33(45)40-19-21-6-13-28(36)30(38)16-21)42-32(47-31)22-7-10-26(11-8-22)46-15-3-14-44/h1-2,4-13,16-17,31,44H,3,14-15,18-20H2,(H,40,45)/t31-,34-/m1/s1. The van der Waals surface area contributed by atoms with Crippen molar-refractivity contribution in [3.05, 3.63) is 143 Å². The molecular formula is C34H29Cl4N5O4. The molecule has 0 saturated heterocycles. The summed E-state index contributed by atoms with van der Waals surface area (Å²) in [7, 11) is 0. The lowest BCUT2D eigenvalue weighted by Gasteiger charge is -2.32. The van der Waals surface area contributed by atoms with Crippen LogP contribution in [0.3, 0.4) is 0 Å². The van der Waals surface area contributed by atoms with E-state index in [1.54, 1.807) is 60.7 Å². The number of carbonyl (C=O) groups is 1. The third-order valence-electron chi connectivity index (χ3n) is 7.59. The summed E-state index contributed by atoms with van der Waals surface area (Å²) in [6.45, 7) is 0.596. The predicted octanol–water partition coefficient (Wildman–Crippen LogP) is 8.69. The lowest BCUT2D eigenvalue weighted by Crippen LogP contribution is -2.50. The highest BCUT2D eigenvalue weighted by molar-refractivity contribution is 6.42. The van der Waals surface area contributed by atoms with Gasteiger partial charge >= 0.3 is 0 Å². The van der Waals surface area contributed by atoms with Crippen LogP contribution in [-0.2, 0) is 29.0 Å². The van der Waals surface area contributed by atoms with E-state index in [9.17, 15) is 4.79 Å². The molecule has 0 radical (unpaired) electrons. The van der Waals surface area contributed by atoms with E-state index in [-0.39, 0.29) is 32.0 Å². The number of ether oxygens (including phenoxy) is 2. The van der Waals surface area contributed by atoms with Crippen LogP contribution < -0.4 is 10.1 Å². The number of rotatable bonds is 13. The number of aliphatic hydroxyl groups is 1. The Balaban J connectivity index is 1.62. The van der Waals surface area contributed by atoms with Gasteiger partial charge in [0.05, 0.1) is 23.2 Å². The van der Waals surface area contributed by atoms with E-state index < -0.39 is 17.6 Å². The van der Waals surface area contributed by atoms with E-state index in [2.05, 4.69) is 15.3 Å². The van der Waals surface area contributed by atoms with Crippen LogP contribution in [-0.4, -0.2) is 35.7 Å². The van der Waals surface area contributed by atoms with Gasteiger partial charge in [0.25, 0.3) is 5.91 Å². The number of hydrogen-bond acceptors (Lipinski definition) is 6. The zero-order valence-corrected chi connectivity index (χ0v) is 27.9. The summed E-state index contributed by atoms with van der Waals surface area (Å²) >= 11 is 25.4. The quantitative estimate of drug-likeness (QED) is 0.0622. The molecule has 1 amide bonds. The molecule has 47 heavy (non-hydrogen) atoms. The number of azide groups is 1. The molecule has 1 heterocycles. The first-order valence-electron chi connectivity index (χ1n) is 14.6. The van der Waals surface area contributed by atoms with Gasteiger partial charge < -0.3 is 19.9 Å². The van der Waals surface area contributed by atoms with Gasteiger partial charge in [0.15, 0.2) is 11.6 Å². The molecule has 9 nitrogen and oxygen atoms in total. The average Bonchev–Trinajstić information content (AvgIpc) is 3.45. The molecule has 0 aliphatic carbocycles.